The number of alkyl halides is 1. The summed E-state index contributed by atoms with van der Waals surface area (Å²) in [6.45, 7) is 0.715. The Bertz CT molecular complexity index is 180. The van der Waals surface area contributed by atoms with E-state index in [0.717, 1.165) is 19.3 Å². The molecule has 1 aliphatic rings. The molecule has 2 unspecified atom stereocenters. The zero-order valence-corrected chi connectivity index (χ0v) is 9.53. The van der Waals surface area contributed by atoms with E-state index < -0.39 is 5.97 Å². The lowest BCUT2D eigenvalue weighted by molar-refractivity contribution is -0.187. The number of hydrogen-bond acceptors (Lipinski definition) is 3. The highest BCUT2D eigenvalue weighted by molar-refractivity contribution is 9.09. The fourth-order valence-corrected chi connectivity index (χ4v) is 1.75. The first-order chi connectivity index (χ1) is 6.72. The molecule has 0 amide bonds. The predicted octanol–water partition coefficient (Wildman–Crippen LogP) is 1.77. The maximum atomic E-state index is 10.5. The van der Waals surface area contributed by atoms with Gasteiger partial charge >= 0.3 is 5.97 Å². The molecule has 1 aliphatic heterocycles. The minimum atomic E-state index is -0.842. The molecule has 1 N–H and O–H groups in total. The van der Waals surface area contributed by atoms with Crippen molar-refractivity contribution in [3.05, 3.63) is 0 Å². The second-order valence-electron chi connectivity index (χ2n) is 3.31. The van der Waals surface area contributed by atoms with E-state index in [0.29, 0.717) is 11.9 Å². The van der Waals surface area contributed by atoms with Gasteiger partial charge in [-0.3, -0.25) is 4.79 Å². The molecule has 0 aromatic rings. The minimum absolute atomic E-state index is 0.0190. The molecule has 0 saturated carbocycles. The van der Waals surface area contributed by atoms with Gasteiger partial charge in [-0.25, -0.2) is 0 Å². The van der Waals surface area contributed by atoms with Crippen LogP contribution >= 0.6 is 15.9 Å². The van der Waals surface area contributed by atoms with E-state index in [4.69, 9.17) is 14.6 Å². The third-order valence-electron chi connectivity index (χ3n) is 2.06. The van der Waals surface area contributed by atoms with Crippen LogP contribution in [0.5, 0.6) is 0 Å². The highest BCUT2D eigenvalue weighted by atomic mass is 79.9. The molecular formula is C9H15BrO4. The van der Waals surface area contributed by atoms with Crippen LogP contribution in [0.4, 0.5) is 0 Å². The number of rotatable bonds is 5. The molecular weight excluding hydrogens is 252 g/mol. The Morgan fingerprint density at radius 2 is 2.43 bits per heavy atom. The third-order valence-corrected chi connectivity index (χ3v) is 2.78. The van der Waals surface area contributed by atoms with Crippen LogP contribution in [0.3, 0.4) is 0 Å². The van der Waals surface area contributed by atoms with Crippen molar-refractivity contribution in [2.24, 2.45) is 0 Å². The van der Waals surface area contributed by atoms with Gasteiger partial charge in [0.05, 0.1) is 12.5 Å². The van der Waals surface area contributed by atoms with Crippen molar-refractivity contribution in [1.82, 2.24) is 0 Å². The summed E-state index contributed by atoms with van der Waals surface area (Å²) >= 11 is 3.23. The van der Waals surface area contributed by atoms with Crippen molar-refractivity contribution in [1.29, 1.82) is 0 Å². The van der Waals surface area contributed by atoms with Crippen LogP contribution in [0.2, 0.25) is 0 Å². The summed E-state index contributed by atoms with van der Waals surface area (Å²) in [5, 5.41) is 9.13. The molecule has 4 nitrogen and oxygen atoms in total. The Morgan fingerprint density at radius 3 is 2.93 bits per heavy atom. The van der Waals surface area contributed by atoms with Crippen molar-refractivity contribution in [2.75, 3.05) is 11.9 Å². The Hall–Kier alpha value is -0.130. The van der Waals surface area contributed by atoms with Crippen LogP contribution in [0.25, 0.3) is 0 Å². The van der Waals surface area contributed by atoms with E-state index in [1.165, 1.54) is 0 Å². The van der Waals surface area contributed by atoms with Crippen molar-refractivity contribution in [3.8, 4) is 0 Å². The highest BCUT2D eigenvalue weighted by Crippen LogP contribution is 2.17. The first-order valence-corrected chi connectivity index (χ1v) is 5.89. The van der Waals surface area contributed by atoms with E-state index in [1.807, 2.05) is 0 Å². The molecule has 82 valence electrons. The SMILES string of the molecule is O=C(O)CC(CBr)OC1CCCCO1. The lowest BCUT2D eigenvalue weighted by atomic mass is 10.2. The second-order valence-corrected chi connectivity index (χ2v) is 3.95. The van der Waals surface area contributed by atoms with Gasteiger partial charge in [-0.1, -0.05) is 15.9 Å². The van der Waals surface area contributed by atoms with Gasteiger partial charge in [-0.15, -0.1) is 0 Å². The van der Waals surface area contributed by atoms with Crippen LogP contribution in [-0.4, -0.2) is 35.4 Å². The zero-order valence-electron chi connectivity index (χ0n) is 7.95. The molecule has 2 atom stereocenters. The van der Waals surface area contributed by atoms with Crippen LogP contribution in [0.1, 0.15) is 25.7 Å². The summed E-state index contributed by atoms with van der Waals surface area (Å²) in [5.74, 6) is -0.842. The van der Waals surface area contributed by atoms with Crippen LogP contribution in [0.15, 0.2) is 0 Å². The smallest absolute Gasteiger partial charge is 0.306 e. The number of ether oxygens (including phenoxy) is 2. The topological polar surface area (TPSA) is 55.8 Å². The van der Waals surface area contributed by atoms with Gasteiger partial charge in [0.15, 0.2) is 6.29 Å². The first kappa shape index (κ1) is 11.9. The van der Waals surface area contributed by atoms with Gasteiger partial charge in [0.1, 0.15) is 0 Å². The zero-order chi connectivity index (χ0) is 10.4. The van der Waals surface area contributed by atoms with E-state index >= 15 is 0 Å². The molecule has 14 heavy (non-hydrogen) atoms. The summed E-state index contributed by atoms with van der Waals surface area (Å²) in [6.07, 6.45) is 2.53. The van der Waals surface area contributed by atoms with Crippen LogP contribution in [0, 0.1) is 0 Å². The number of halogens is 1. The first-order valence-electron chi connectivity index (χ1n) is 4.77. The van der Waals surface area contributed by atoms with Crippen LogP contribution < -0.4 is 0 Å². The van der Waals surface area contributed by atoms with Crippen LogP contribution in [-0.2, 0) is 14.3 Å². The Kier molecular flexibility index (Phi) is 5.44. The molecule has 0 spiro atoms. The van der Waals surface area contributed by atoms with Gasteiger partial charge in [0, 0.05) is 11.9 Å². The van der Waals surface area contributed by atoms with Gasteiger partial charge in [-0.05, 0) is 19.3 Å². The standard InChI is InChI=1S/C9H15BrO4/c10-6-7(5-8(11)12)14-9-3-1-2-4-13-9/h7,9H,1-6H2,(H,11,12). The van der Waals surface area contributed by atoms with E-state index in [1.54, 1.807) is 0 Å². The molecule has 0 aliphatic carbocycles. The molecule has 0 radical (unpaired) electrons. The number of carbonyl (C=O) groups is 1. The Labute approximate surface area is 91.7 Å². The quantitative estimate of drug-likeness (QED) is 0.771. The molecule has 1 rings (SSSR count). The largest absolute Gasteiger partial charge is 0.481 e. The summed E-state index contributed by atoms with van der Waals surface area (Å²) in [4.78, 5) is 10.5. The van der Waals surface area contributed by atoms with Gasteiger partial charge in [-0.2, -0.15) is 0 Å². The summed E-state index contributed by atoms with van der Waals surface area (Å²) in [6, 6.07) is 0. The number of hydrogen-bond donors (Lipinski definition) is 1. The van der Waals surface area contributed by atoms with Crippen molar-refractivity contribution >= 4 is 21.9 Å². The molecule has 0 aromatic heterocycles. The highest BCUT2D eigenvalue weighted by Gasteiger charge is 2.20. The molecule has 1 fully saturated rings. The third kappa shape index (κ3) is 4.39. The minimum Gasteiger partial charge on any atom is -0.481 e. The fraction of sp³-hybridized carbons (Fsp3) is 0.889. The van der Waals surface area contributed by atoms with E-state index in [2.05, 4.69) is 15.9 Å². The molecule has 1 heterocycles. The molecule has 1 saturated heterocycles. The molecule has 0 aromatic carbocycles. The summed E-state index contributed by atoms with van der Waals surface area (Å²) in [5.41, 5.74) is 0. The summed E-state index contributed by atoms with van der Waals surface area (Å²) in [7, 11) is 0. The average molecular weight is 267 g/mol. The summed E-state index contributed by atoms with van der Waals surface area (Å²) < 4.78 is 10.9. The monoisotopic (exact) mass is 266 g/mol. The lowest BCUT2D eigenvalue weighted by Gasteiger charge is -2.26. The number of aliphatic carboxylic acids is 1. The molecule has 0 bridgehead atoms. The maximum absolute atomic E-state index is 10.5. The predicted molar refractivity (Wildman–Crippen MR) is 54.5 cm³/mol. The second kappa shape index (κ2) is 6.37. The number of carboxylic acids is 1. The fourth-order valence-electron chi connectivity index (χ4n) is 1.37. The Balaban J connectivity index is 2.27. The normalized spacial score (nSPS) is 24.5. The van der Waals surface area contributed by atoms with E-state index in [-0.39, 0.29) is 18.8 Å². The molecule has 5 heteroatoms. The average Bonchev–Trinajstić information content (AvgIpc) is 2.17. The van der Waals surface area contributed by atoms with Gasteiger partial charge in [0.25, 0.3) is 0 Å². The van der Waals surface area contributed by atoms with Gasteiger partial charge in [0.2, 0.25) is 0 Å². The van der Waals surface area contributed by atoms with Gasteiger partial charge < -0.3 is 14.6 Å². The van der Waals surface area contributed by atoms with E-state index in [9.17, 15) is 4.79 Å². The van der Waals surface area contributed by atoms with Crippen molar-refractivity contribution in [2.45, 2.75) is 38.1 Å². The maximum Gasteiger partial charge on any atom is 0.306 e. The Morgan fingerprint density at radius 1 is 1.64 bits per heavy atom. The van der Waals surface area contributed by atoms with Crippen molar-refractivity contribution < 1.29 is 19.4 Å². The van der Waals surface area contributed by atoms with Crippen molar-refractivity contribution in [3.63, 3.8) is 0 Å². The number of carboxylic acid groups (broad SMARTS) is 1. The lowest BCUT2D eigenvalue weighted by Crippen LogP contribution is -2.30.